The van der Waals surface area contributed by atoms with Crippen LogP contribution in [-0.4, -0.2) is 41.6 Å². The summed E-state index contributed by atoms with van der Waals surface area (Å²) in [6.45, 7) is 5.76. The molecule has 5 nitrogen and oxygen atoms in total. The molecule has 3 heterocycles. The fraction of sp³-hybridized carbons (Fsp3) is 0.412. The summed E-state index contributed by atoms with van der Waals surface area (Å²) in [4.78, 5) is 11.4. The predicted molar refractivity (Wildman–Crippen MR) is 85.8 cm³/mol. The molecule has 1 fully saturated rings. The van der Waals surface area contributed by atoms with Gasteiger partial charge >= 0.3 is 0 Å². The summed E-state index contributed by atoms with van der Waals surface area (Å²) >= 11 is 0. The van der Waals surface area contributed by atoms with Gasteiger partial charge in [0.1, 0.15) is 5.75 Å². The first-order valence-corrected chi connectivity index (χ1v) is 7.62. The predicted octanol–water partition coefficient (Wildman–Crippen LogP) is 1.94. The van der Waals surface area contributed by atoms with Gasteiger partial charge in [0.2, 0.25) is 0 Å². The van der Waals surface area contributed by atoms with Crippen molar-refractivity contribution in [1.82, 2.24) is 20.2 Å². The van der Waals surface area contributed by atoms with E-state index in [2.05, 4.69) is 26.3 Å². The lowest BCUT2D eigenvalue weighted by atomic mass is 10.0. The second-order valence-corrected chi connectivity index (χ2v) is 5.62. The van der Waals surface area contributed by atoms with Gasteiger partial charge in [-0.05, 0) is 18.6 Å². The van der Waals surface area contributed by atoms with Crippen LogP contribution in [0.25, 0.3) is 0 Å². The average Bonchev–Trinajstić information content (AvgIpc) is 2.55. The normalized spacial score (nSPS) is 19.1. The molecule has 116 valence electrons. The van der Waals surface area contributed by atoms with Crippen molar-refractivity contribution >= 4 is 0 Å². The maximum atomic E-state index is 5.36. The lowest BCUT2D eigenvalue weighted by Crippen LogP contribution is -2.45. The van der Waals surface area contributed by atoms with Gasteiger partial charge in [0.15, 0.2) is 0 Å². The first-order chi connectivity index (χ1) is 10.8. The second kappa shape index (κ2) is 6.85. The fourth-order valence-electron chi connectivity index (χ4n) is 2.95. The highest BCUT2D eigenvalue weighted by atomic mass is 16.5. The van der Waals surface area contributed by atoms with E-state index < -0.39 is 0 Å². The number of ether oxygens (including phenoxy) is 1. The number of aromatic nitrogens is 2. The number of piperazine rings is 1. The molecule has 2 aromatic heterocycles. The van der Waals surface area contributed by atoms with Gasteiger partial charge < -0.3 is 10.1 Å². The van der Waals surface area contributed by atoms with Crippen molar-refractivity contribution in [2.24, 2.45) is 0 Å². The van der Waals surface area contributed by atoms with Gasteiger partial charge in [-0.15, -0.1) is 0 Å². The lowest BCUT2D eigenvalue weighted by molar-refractivity contribution is 0.151. The number of nitrogens with one attached hydrogen (secondary N) is 1. The van der Waals surface area contributed by atoms with Crippen LogP contribution in [0.15, 0.2) is 36.7 Å². The van der Waals surface area contributed by atoms with Gasteiger partial charge in [-0.2, -0.15) is 0 Å². The first-order valence-electron chi connectivity index (χ1n) is 7.62. The molecule has 0 aromatic carbocycles. The molecule has 1 aliphatic rings. The number of hydrogen-bond acceptors (Lipinski definition) is 5. The number of hydrogen-bond donors (Lipinski definition) is 1. The average molecular weight is 298 g/mol. The highest BCUT2D eigenvalue weighted by Crippen LogP contribution is 2.24. The fourth-order valence-corrected chi connectivity index (χ4v) is 2.95. The van der Waals surface area contributed by atoms with E-state index in [-0.39, 0.29) is 0 Å². The van der Waals surface area contributed by atoms with E-state index in [4.69, 9.17) is 4.74 Å². The Morgan fingerprint density at radius 1 is 1.41 bits per heavy atom. The quantitative estimate of drug-likeness (QED) is 0.935. The number of nitrogens with zero attached hydrogens (tertiary/aromatic N) is 3. The Hall–Kier alpha value is -1.98. The molecule has 0 bridgehead atoms. The van der Waals surface area contributed by atoms with Crippen molar-refractivity contribution in [3.63, 3.8) is 0 Å². The van der Waals surface area contributed by atoms with Gasteiger partial charge in [0.25, 0.3) is 0 Å². The maximum absolute atomic E-state index is 5.36. The summed E-state index contributed by atoms with van der Waals surface area (Å²) < 4.78 is 5.36. The molecule has 1 atom stereocenters. The summed E-state index contributed by atoms with van der Waals surface area (Å²) in [5, 5.41) is 3.47. The Kier molecular flexibility index (Phi) is 4.65. The van der Waals surface area contributed by atoms with Crippen LogP contribution in [-0.2, 0) is 6.54 Å². The van der Waals surface area contributed by atoms with Gasteiger partial charge in [-0.1, -0.05) is 6.07 Å². The molecule has 0 spiro atoms. The van der Waals surface area contributed by atoms with Crippen LogP contribution >= 0.6 is 0 Å². The molecule has 1 unspecified atom stereocenters. The van der Waals surface area contributed by atoms with Gasteiger partial charge in [0, 0.05) is 62.4 Å². The van der Waals surface area contributed by atoms with Gasteiger partial charge in [-0.3, -0.25) is 14.9 Å². The van der Waals surface area contributed by atoms with Crippen LogP contribution in [0.3, 0.4) is 0 Å². The minimum Gasteiger partial charge on any atom is -0.497 e. The van der Waals surface area contributed by atoms with Gasteiger partial charge in [-0.25, -0.2) is 0 Å². The SMILES string of the molecule is COc1cc(C)nc(CN2CCNCC2c2cccnc2)c1. The number of rotatable bonds is 4. The Morgan fingerprint density at radius 2 is 2.32 bits per heavy atom. The number of pyridine rings is 2. The molecular formula is C17H22N4O. The van der Waals surface area contributed by atoms with E-state index in [0.717, 1.165) is 43.3 Å². The Morgan fingerprint density at radius 3 is 3.09 bits per heavy atom. The third-order valence-corrected chi connectivity index (χ3v) is 4.00. The summed E-state index contributed by atoms with van der Waals surface area (Å²) in [6.07, 6.45) is 3.77. The van der Waals surface area contributed by atoms with Crippen LogP contribution in [0.1, 0.15) is 23.0 Å². The lowest BCUT2D eigenvalue weighted by Gasteiger charge is -2.36. The molecule has 2 aromatic rings. The minimum absolute atomic E-state index is 0.329. The molecule has 1 N–H and O–H groups in total. The number of aryl methyl sites for hydroxylation is 1. The minimum atomic E-state index is 0.329. The zero-order valence-corrected chi connectivity index (χ0v) is 13.1. The molecule has 5 heteroatoms. The van der Waals surface area contributed by atoms with Crippen molar-refractivity contribution in [2.45, 2.75) is 19.5 Å². The van der Waals surface area contributed by atoms with E-state index in [0.29, 0.717) is 6.04 Å². The Labute approximate surface area is 131 Å². The molecule has 0 aliphatic carbocycles. The van der Waals surface area contributed by atoms with Crippen molar-refractivity contribution in [3.8, 4) is 5.75 Å². The molecule has 0 saturated carbocycles. The van der Waals surface area contributed by atoms with Crippen LogP contribution < -0.4 is 10.1 Å². The molecule has 3 rings (SSSR count). The number of methoxy groups -OCH3 is 1. The molecule has 1 aliphatic heterocycles. The standard InChI is InChI=1S/C17H22N4O/c1-13-8-16(22-2)9-15(20-13)12-21-7-6-19-11-17(21)14-4-3-5-18-10-14/h3-5,8-10,17,19H,6-7,11-12H2,1-2H3. The van der Waals surface area contributed by atoms with E-state index in [9.17, 15) is 0 Å². The highest BCUT2D eigenvalue weighted by Gasteiger charge is 2.24. The molecule has 22 heavy (non-hydrogen) atoms. The van der Waals surface area contributed by atoms with Crippen LogP contribution in [0.4, 0.5) is 0 Å². The largest absolute Gasteiger partial charge is 0.497 e. The zero-order chi connectivity index (χ0) is 15.4. The first kappa shape index (κ1) is 14.9. The summed E-state index contributed by atoms with van der Waals surface area (Å²) in [7, 11) is 1.70. The zero-order valence-electron chi connectivity index (χ0n) is 13.1. The monoisotopic (exact) mass is 298 g/mol. The topological polar surface area (TPSA) is 50.3 Å². The van der Waals surface area contributed by atoms with Crippen LogP contribution in [0, 0.1) is 6.92 Å². The van der Waals surface area contributed by atoms with Crippen molar-refractivity contribution < 1.29 is 4.74 Å². The maximum Gasteiger partial charge on any atom is 0.122 e. The van der Waals surface area contributed by atoms with E-state index in [1.165, 1.54) is 5.56 Å². The van der Waals surface area contributed by atoms with Crippen LogP contribution in [0.2, 0.25) is 0 Å². The molecule has 0 radical (unpaired) electrons. The summed E-state index contributed by atoms with van der Waals surface area (Å²) in [6, 6.07) is 8.45. The second-order valence-electron chi connectivity index (χ2n) is 5.62. The van der Waals surface area contributed by atoms with Crippen molar-refractivity contribution in [1.29, 1.82) is 0 Å². The third-order valence-electron chi connectivity index (χ3n) is 4.00. The summed E-state index contributed by atoms with van der Waals surface area (Å²) in [5.74, 6) is 0.871. The summed E-state index contributed by atoms with van der Waals surface area (Å²) in [5.41, 5.74) is 3.28. The van der Waals surface area contributed by atoms with Crippen molar-refractivity contribution in [2.75, 3.05) is 26.7 Å². The van der Waals surface area contributed by atoms with Crippen LogP contribution in [0.5, 0.6) is 5.75 Å². The molecular weight excluding hydrogens is 276 g/mol. The Balaban J connectivity index is 1.81. The van der Waals surface area contributed by atoms with Crippen molar-refractivity contribution in [3.05, 3.63) is 53.6 Å². The van der Waals surface area contributed by atoms with E-state index in [1.54, 1.807) is 7.11 Å². The molecule has 0 amide bonds. The molecule has 1 saturated heterocycles. The Bertz CT molecular complexity index is 617. The van der Waals surface area contributed by atoms with E-state index >= 15 is 0 Å². The van der Waals surface area contributed by atoms with Gasteiger partial charge in [0.05, 0.1) is 12.8 Å². The smallest absolute Gasteiger partial charge is 0.122 e. The highest BCUT2D eigenvalue weighted by molar-refractivity contribution is 5.27. The van der Waals surface area contributed by atoms with E-state index in [1.807, 2.05) is 37.5 Å². The third kappa shape index (κ3) is 3.43.